The van der Waals surface area contributed by atoms with Gasteiger partial charge in [0.1, 0.15) is 0 Å². The van der Waals surface area contributed by atoms with E-state index in [0.29, 0.717) is 10.8 Å². The molecule has 0 amide bonds. The van der Waals surface area contributed by atoms with Crippen molar-refractivity contribution in [1.29, 1.82) is 0 Å². The van der Waals surface area contributed by atoms with Crippen molar-refractivity contribution >= 4 is 29.1 Å². The van der Waals surface area contributed by atoms with Crippen LogP contribution in [0.4, 0.5) is 5.69 Å². The maximum absolute atomic E-state index is 6.43. The fraction of sp³-hybridized carbons (Fsp3) is 0.625. The summed E-state index contributed by atoms with van der Waals surface area (Å²) in [5.74, 6) is 1.18. The Morgan fingerprint density at radius 1 is 1.40 bits per heavy atom. The summed E-state index contributed by atoms with van der Waals surface area (Å²) >= 11 is 8.49. The second-order valence-corrected chi connectivity index (χ2v) is 8.51. The molecular weight excluding hydrogens is 288 g/mol. The Hall–Kier alpha value is -0.380. The van der Waals surface area contributed by atoms with Gasteiger partial charge in [-0.1, -0.05) is 31.5 Å². The average Bonchev–Trinajstić information content (AvgIpc) is 2.35. The molecule has 1 aliphatic heterocycles. The van der Waals surface area contributed by atoms with E-state index in [1.165, 1.54) is 17.0 Å². The third-order valence-electron chi connectivity index (χ3n) is 3.55. The Kier molecular flexibility index (Phi) is 5.27. The first-order valence-electron chi connectivity index (χ1n) is 7.29. The van der Waals surface area contributed by atoms with Gasteiger partial charge in [-0.2, -0.15) is 11.8 Å². The van der Waals surface area contributed by atoms with Crippen LogP contribution < -0.4 is 10.2 Å². The summed E-state index contributed by atoms with van der Waals surface area (Å²) in [6.45, 7) is 12.0. The van der Waals surface area contributed by atoms with Crippen LogP contribution in [0.2, 0.25) is 5.02 Å². The minimum Gasteiger partial charge on any atom is -0.369 e. The molecule has 1 fully saturated rings. The molecule has 0 aliphatic carbocycles. The SMILES string of the molecule is CC(C)NCc1c(Cl)cccc1N1CCSC(C)(C)C1. The van der Waals surface area contributed by atoms with Gasteiger partial charge < -0.3 is 10.2 Å². The zero-order valence-electron chi connectivity index (χ0n) is 12.9. The third-order valence-corrected chi connectivity index (χ3v) is 5.20. The summed E-state index contributed by atoms with van der Waals surface area (Å²) in [6, 6.07) is 6.72. The van der Waals surface area contributed by atoms with Crippen LogP contribution >= 0.6 is 23.4 Å². The zero-order valence-corrected chi connectivity index (χ0v) is 14.4. The van der Waals surface area contributed by atoms with Crippen LogP contribution in [0, 0.1) is 0 Å². The summed E-state index contributed by atoms with van der Waals surface area (Å²) in [7, 11) is 0. The predicted molar refractivity (Wildman–Crippen MR) is 92.2 cm³/mol. The first-order valence-corrected chi connectivity index (χ1v) is 8.65. The first kappa shape index (κ1) is 16.0. The molecule has 0 spiro atoms. The number of nitrogens with one attached hydrogen (secondary N) is 1. The molecule has 112 valence electrons. The monoisotopic (exact) mass is 312 g/mol. The fourth-order valence-electron chi connectivity index (χ4n) is 2.55. The van der Waals surface area contributed by atoms with Gasteiger partial charge in [0.25, 0.3) is 0 Å². The molecule has 1 aromatic rings. The molecule has 0 unspecified atom stereocenters. The minimum atomic E-state index is 0.309. The van der Waals surface area contributed by atoms with E-state index < -0.39 is 0 Å². The van der Waals surface area contributed by atoms with Crippen LogP contribution in [-0.2, 0) is 6.54 Å². The number of thioether (sulfide) groups is 1. The Morgan fingerprint density at radius 2 is 2.15 bits per heavy atom. The molecule has 1 saturated heterocycles. The summed E-state index contributed by atoms with van der Waals surface area (Å²) in [4.78, 5) is 2.49. The molecule has 0 aromatic heterocycles. The van der Waals surface area contributed by atoms with Gasteiger partial charge in [0.2, 0.25) is 0 Å². The van der Waals surface area contributed by atoms with Gasteiger partial charge >= 0.3 is 0 Å². The van der Waals surface area contributed by atoms with Gasteiger partial charge in [-0.25, -0.2) is 0 Å². The molecule has 4 heteroatoms. The Bertz CT molecular complexity index is 460. The van der Waals surface area contributed by atoms with Gasteiger partial charge in [-0.3, -0.25) is 0 Å². The highest BCUT2D eigenvalue weighted by molar-refractivity contribution is 8.00. The first-order chi connectivity index (χ1) is 9.39. The Balaban J connectivity index is 2.24. The Morgan fingerprint density at radius 3 is 2.80 bits per heavy atom. The molecule has 20 heavy (non-hydrogen) atoms. The summed E-state index contributed by atoms with van der Waals surface area (Å²) in [6.07, 6.45) is 0. The molecule has 1 aromatic carbocycles. The van der Waals surface area contributed by atoms with Crippen molar-refractivity contribution in [2.45, 2.75) is 45.0 Å². The molecule has 1 heterocycles. The van der Waals surface area contributed by atoms with E-state index in [4.69, 9.17) is 11.6 Å². The van der Waals surface area contributed by atoms with E-state index >= 15 is 0 Å². The quantitative estimate of drug-likeness (QED) is 0.898. The molecule has 0 bridgehead atoms. The van der Waals surface area contributed by atoms with Gasteiger partial charge in [-0.05, 0) is 26.0 Å². The van der Waals surface area contributed by atoms with Crippen molar-refractivity contribution < 1.29 is 0 Å². The molecule has 2 rings (SSSR count). The summed E-state index contributed by atoms with van der Waals surface area (Å²) < 4.78 is 0.309. The molecule has 1 aliphatic rings. The topological polar surface area (TPSA) is 15.3 Å². The van der Waals surface area contributed by atoms with E-state index in [-0.39, 0.29) is 0 Å². The van der Waals surface area contributed by atoms with Gasteiger partial charge in [-0.15, -0.1) is 0 Å². The van der Waals surface area contributed by atoms with E-state index in [1.54, 1.807) is 0 Å². The van der Waals surface area contributed by atoms with Crippen molar-refractivity contribution in [2.75, 3.05) is 23.7 Å². The maximum Gasteiger partial charge on any atom is 0.0471 e. The van der Waals surface area contributed by atoms with Crippen LogP contribution in [0.1, 0.15) is 33.3 Å². The third kappa shape index (κ3) is 4.06. The highest BCUT2D eigenvalue weighted by Crippen LogP contribution is 2.35. The molecule has 0 atom stereocenters. The Labute approximate surface area is 132 Å². The number of hydrogen-bond donors (Lipinski definition) is 1. The molecule has 0 saturated carbocycles. The second-order valence-electron chi connectivity index (χ2n) is 6.30. The largest absolute Gasteiger partial charge is 0.369 e. The molecular formula is C16H25ClN2S. The van der Waals surface area contributed by atoms with Crippen LogP contribution in [0.3, 0.4) is 0 Å². The minimum absolute atomic E-state index is 0.309. The number of halogens is 1. The number of hydrogen-bond acceptors (Lipinski definition) is 3. The second kappa shape index (κ2) is 6.59. The van der Waals surface area contributed by atoms with Gasteiger partial charge in [0.15, 0.2) is 0 Å². The molecule has 2 nitrogen and oxygen atoms in total. The van der Waals surface area contributed by atoms with E-state index in [1.807, 2.05) is 6.07 Å². The van der Waals surface area contributed by atoms with Crippen molar-refractivity contribution in [1.82, 2.24) is 5.32 Å². The number of anilines is 1. The standard InChI is InChI=1S/C16H25ClN2S/c1-12(2)18-10-13-14(17)6-5-7-15(13)19-8-9-20-16(3,4)11-19/h5-7,12,18H,8-11H2,1-4H3. The van der Waals surface area contributed by atoms with Crippen molar-refractivity contribution in [3.05, 3.63) is 28.8 Å². The van der Waals surface area contributed by atoms with E-state index in [2.05, 4.69) is 61.8 Å². The van der Waals surface area contributed by atoms with Crippen LogP contribution in [-0.4, -0.2) is 29.6 Å². The number of nitrogens with zero attached hydrogens (tertiary/aromatic N) is 1. The van der Waals surface area contributed by atoms with E-state index in [0.717, 1.165) is 24.7 Å². The van der Waals surface area contributed by atoms with Crippen LogP contribution in [0.25, 0.3) is 0 Å². The lowest BCUT2D eigenvalue weighted by molar-refractivity contribution is 0.585. The van der Waals surface area contributed by atoms with Gasteiger partial charge in [0.05, 0.1) is 0 Å². The van der Waals surface area contributed by atoms with Crippen LogP contribution in [0.5, 0.6) is 0 Å². The average molecular weight is 313 g/mol. The predicted octanol–water partition coefficient (Wildman–Crippen LogP) is 4.17. The summed E-state index contributed by atoms with van der Waals surface area (Å²) in [5.41, 5.74) is 2.52. The van der Waals surface area contributed by atoms with Crippen molar-refractivity contribution in [3.63, 3.8) is 0 Å². The maximum atomic E-state index is 6.43. The molecule has 0 radical (unpaired) electrons. The number of benzene rings is 1. The highest BCUT2D eigenvalue weighted by Gasteiger charge is 2.28. The van der Waals surface area contributed by atoms with Crippen LogP contribution in [0.15, 0.2) is 18.2 Å². The normalized spacial score (nSPS) is 18.6. The lowest BCUT2D eigenvalue weighted by Gasteiger charge is -2.40. The number of rotatable bonds is 4. The van der Waals surface area contributed by atoms with Crippen molar-refractivity contribution in [3.8, 4) is 0 Å². The zero-order chi connectivity index (χ0) is 14.8. The highest BCUT2D eigenvalue weighted by atomic mass is 35.5. The van der Waals surface area contributed by atoms with Crippen molar-refractivity contribution in [2.24, 2.45) is 0 Å². The van der Waals surface area contributed by atoms with Gasteiger partial charge in [0, 0.05) is 52.4 Å². The lowest BCUT2D eigenvalue weighted by atomic mass is 10.1. The lowest BCUT2D eigenvalue weighted by Crippen LogP contribution is -2.43. The van der Waals surface area contributed by atoms with E-state index in [9.17, 15) is 0 Å². The molecule has 1 N–H and O–H groups in total. The smallest absolute Gasteiger partial charge is 0.0471 e. The summed E-state index contributed by atoms with van der Waals surface area (Å²) in [5, 5.41) is 4.35. The fourth-order valence-corrected chi connectivity index (χ4v) is 3.89.